The van der Waals surface area contributed by atoms with Crippen molar-refractivity contribution in [3.05, 3.63) is 60.2 Å². The van der Waals surface area contributed by atoms with E-state index in [1.54, 1.807) is 24.3 Å². The van der Waals surface area contributed by atoms with Crippen LogP contribution in [0.25, 0.3) is 0 Å². The molecule has 14 heteroatoms. The second-order valence-electron chi connectivity index (χ2n) is 10.5. The predicted octanol–water partition coefficient (Wildman–Crippen LogP) is 0.641. The van der Waals surface area contributed by atoms with Gasteiger partial charge in [-0.2, -0.15) is 0 Å². The molecule has 0 bridgehead atoms. The van der Waals surface area contributed by atoms with Crippen LogP contribution >= 0.6 is 0 Å². The van der Waals surface area contributed by atoms with Gasteiger partial charge in [-0.05, 0) is 17.9 Å². The minimum absolute atomic E-state index is 0.0124. The Bertz CT molecular complexity index is 1250. The van der Waals surface area contributed by atoms with Crippen LogP contribution in [0.3, 0.4) is 0 Å². The van der Waals surface area contributed by atoms with Gasteiger partial charge in [-0.3, -0.25) is 24.2 Å². The maximum Gasteiger partial charge on any atom is 0.552 e. The number of carbonyl (C=O) groups is 5. The number of rotatable bonds is 12. The summed E-state index contributed by atoms with van der Waals surface area (Å²) in [6, 6.07) is 7.93. The lowest BCUT2D eigenvalue weighted by atomic mass is 9.70. The second-order valence-corrected chi connectivity index (χ2v) is 10.5. The Balaban J connectivity index is 1.88. The summed E-state index contributed by atoms with van der Waals surface area (Å²) in [5, 5.41) is 15.5. The van der Waals surface area contributed by atoms with Crippen LogP contribution in [0.5, 0.6) is 0 Å². The first-order valence-corrected chi connectivity index (χ1v) is 13.1. The van der Waals surface area contributed by atoms with E-state index < -0.39 is 67.2 Å². The molecule has 1 fully saturated rings. The van der Waals surface area contributed by atoms with Crippen molar-refractivity contribution in [1.82, 2.24) is 25.5 Å². The first-order valence-electron chi connectivity index (χ1n) is 13.1. The maximum atomic E-state index is 13.7. The molecule has 3 atom stereocenters. The molecule has 0 saturated carbocycles. The van der Waals surface area contributed by atoms with Crippen molar-refractivity contribution in [2.75, 3.05) is 14.1 Å². The zero-order valence-electron chi connectivity index (χ0n) is 23.4. The first kappa shape index (κ1) is 31.2. The summed E-state index contributed by atoms with van der Waals surface area (Å²) in [4.78, 5) is 73.0. The monoisotopic (exact) mass is 567 g/mol. The van der Waals surface area contributed by atoms with Crippen LogP contribution in [-0.2, 0) is 34.9 Å². The van der Waals surface area contributed by atoms with Crippen molar-refractivity contribution < 1.29 is 38.4 Å². The van der Waals surface area contributed by atoms with Gasteiger partial charge in [0, 0.05) is 32.9 Å². The summed E-state index contributed by atoms with van der Waals surface area (Å²) < 4.78 is 11.2. The highest BCUT2D eigenvalue weighted by Gasteiger charge is 2.55. The van der Waals surface area contributed by atoms with Crippen molar-refractivity contribution in [1.29, 1.82) is 0 Å². The summed E-state index contributed by atoms with van der Waals surface area (Å²) in [5.41, 5.74) is -1.40. The van der Waals surface area contributed by atoms with Crippen LogP contribution in [-0.4, -0.2) is 88.4 Å². The van der Waals surface area contributed by atoms with Gasteiger partial charge < -0.3 is 29.9 Å². The smallest absolute Gasteiger partial charge is 0.508 e. The van der Waals surface area contributed by atoms with E-state index in [0.29, 0.717) is 0 Å². The summed E-state index contributed by atoms with van der Waals surface area (Å²) in [7, 11) is 1.42. The molecule has 1 aliphatic rings. The lowest BCUT2D eigenvalue weighted by molar-refractivity contribution is -0.173. The van der Waals surface area contributed by atoms with Gasteiger partial charge in [0.15, 0.2) is 5.60 Å². The first-order chi connectivity index (χ1) is 19.4. The summed E-state index contributed by atoms with van der Waals surface area (Å²) in [5.74, 6) is -5.22. The maximum absolute atomic E-state index is 13.7. The number of nitrogens with zero attached hydrogens (tertiary/aromatic N) is 3. The fourth-order valence-electron chi connectivity index (χ4n) is 4.30. The van der Waals surface area contributed by atoms with Crippen LogP contribution in [0.4, 0.5) is 0 Å². The number of carboxylic acids is 1. The molecule has 1 aromatic heterocycles. The lowest BCUT2D eigenvalue weighted by Gasteiger charge is -2.38. The molecule has 2 aromatic rings. The number of carboxylic acid groups (broad SMARTS) is 1. The van der Waals surface area contributed by atoms with Crippen molar-refractivity contribution in [2.24, 2.45) is 5.92 Å². The molecular weight excluding hydrogens is 533 g/mol. The quantitative estimate of drug-likeness (QED) is 0.309. The van der Waals surface area contributed by atoms with E-state index in [1.807, 2.05) is 19.9 Å². The normalized spacial score (nSPS) is 18.2. The number of aromatic nitrogens is 2. The molecule has 41 heavy (non-hydrogen) atoms. The Morgan fingerprint density at radius 2 is 1.83 bits per heavy atom. The van der Waals surface area contributed by atoms with Crippen molar-refractivity contribution >= 4 is 36.8 Å². The number of aliphatic carboxylic acids is 1. The minimum Gasteiger partial charge on any atom is -0.508 e. The highest BCUT2D eigenvalue weighted by atomic mass is 16.6. The summed E-state index contributed by atoms with van der Waals surface area (Å²) in [6.07, 6.45) is 3.11. The van der Waals surface area contributed by atoms with Crippen LogP contribution in [0.2, 0.25) is 0 Å². The van der Waals surface area contributed by atoms with Gasteiger partial charge in [0.1, 0.15) is 11.7 Å². The number of amides is 3. The van der Waals surface area contributed by atoms with E-state index >= 15 is 0 Å². The van der Waals surface area contributed by atoms with E-state index in [2.05, 4.69) is 20.6 Å². The van der Waals surface area contributed by atoms with Crippen LogP contribution < -0.4 is 10.6 Å². The molecule has 218 valence electrons. The molecule has 2 heterocycles. The standard InChI is InChI=1S/C27H34BN5O8/c1-17(2)12-21(28-40-23(35)15-27(41-28,26(38)39)14-22(34)33(3)4)32-24(36)19(13-18-8-6-5-7-9-18)31-25(37)20-16-29-10-11-30-20/h5-11,16-17,19,21H,12-15H2,1-4H3,(H,31,37)(H,32,36)(H,38,39)/t19-,21-,27-/m0/s1. The van der Waals surface area contributed by atoms with Crippen molar-refractivity contribution in [3.63, 3.8) is 0 Å². The largest absolute Gasteiger partial charge is 0.552 e. The van der Waals surface area contributed by atoms with E-state index in [1.165, 1.54) is 37.6 Å². The van der Waals surface area contributed by atoms with Crippen LogP contribution in [0.1, 0.15) is 49.2 Å². The van der Waals surface area contributed by atoms with Gasteiger partial charge in [-0.25, -0.2) is 9.78 Å². The van der Waals surface area contributed by atoms with Crippen LogP contribution in [0.15, 0.2) is 48.9 Å². The molecular formula is C27H34BN5O8. The number of benzene rings is 1. The van der Waals surface area contributed by atoms with E-state index in [-0.39, 0.29) is 24.5 Å². The van der Waals surface area contributed by atoms with Crippen LogP contribution in [0, 0.1) is 5.92 Å². The Morgan fingerprint density at radius 3 is 2.41 bits per heavy atom. The fourth-order valence-corrected chi connectivity index (χ4v) is 4.30. The zero-order chi connectivity index (χ0) is 30.2. The third kappa shape index (κ3) is 8.58. The average molecular weight is 567 g/mol. The highest BCUT2D eigenvalue weighted by Crippen LogP contribution is 2.30. The Labute approximate surface area is 238 Å². The Hall–Kier alpha value is -4.33. The van der Waals surface area contributed by atoms with Gasteiger partial charge in [0.25, 0.3) is 11.9 Å². The topological polar surface area (TPSA) is 177 Å². The molecule has 3 rings (SSSR count). The summed E-state index contributed by atoms with van der Waals surface area (Å²) in [6.45, 7) is 3.72. The lowest BCUT2D eigenvalue weighted by Crippen LogP contribution is -2.63. The molecule has 0 radical (unpaired) electrons. The molecule has 0 unspecified atom stereocenters. The van der Waals surface area contributed by atoms with Gasteiger partial charge in [-0.15, -0.1) is 0 Å². The molecule has 0 spiro atoms. The third-order valence-corrected chi connectivity index (χ3v) is 6.43. The summed E-state index contributed by atoms with van der Waals surface area (Å²) >= 11 is 0. The Kier molecular flexibility index (Phi) is 10.5. The molecule has 3 amide bonds. The molecule has 1 saturated heterocycles. The number of carbonyl (C=O) groups excluding carboxylic acids is 4. The second kappa shape index (κ2) is 13.8. The third-order valence-electron chi connectivity index (χ3n) is 6.43. The van der Waals surface area contributed by atoms with Gasteiger partial charge in [-0.1, -0.05) is 44.2 Å². The molecule has 13 nitrogen and oxygen atoms in total. The highest BCUT2D eigenvalue weighted by molar-refractivity contribution is 6.50. The fraction of sp³-hybridized carbons (Fsp3) is 0.444. The van der Waals surface area contributed by atoms with Crippen molar-refractivity contribution in [2.45, 2.75) is 57.1 Å². The van der Waals surface area contributed by atoms with E-state index in [9.17, 15) is 29.1 Å². The SMILES string of the molecule is CC(C)C[C@H](NC(=O)[C@H](Cc1ccccc1)NC(=O)c1cnccn1)B1OC(=O)C[C@@](CC(=O)N(C)C)(C(=O)O)O1. The number of hydrogen-bond donors (Lipinski definition) is 3. The predicted molar refractivity (Wildman–Crippen MR) is 146 cm³/mol. The average Bonchev–Trinajstić information content (AvgIpc) is 2.92. The number of hydrogen-bond acceptors (Lipinski definition) is 9. The molecule has 1 aromatic carbocycles. The van der Waals surface area contributed by atoms with E-state index in [0.717, 1.165) is 5.56 Å². The van der Waals surface area contributed by atoms with E-state index in [4.69, 9.17) is 9.31 Å². The molecule has 3 N–H and O–H groups in total. The Morgan fingerprint density at radius 1 is 1.12 bits per heavy atom. The van der Waals surface area contributed by atoms with Gasteiger partial charge in [0.2, 0.25) is 11.8 Å². The van der Waals surface area contributed by atoms with Crippen molar-refractivity contribution in [3.8, 4) is 0 Å². The zero-order valence-corrected chi connectivity index (χ0v) is 23.4. The van der Waals surface area contributed by atoms with Gasteiger partial charge in [0.05, 0.1) is 25.0 Å². The molecule has 0 aliphatic carbocycles. The number of nitrogens with one attached hydrogen (secondary N) is 2. The minimum atomic E-state index is -2.18. The molecule has 1 aliphatic heterocycles. The van der Waals surface area contributed by atoms with Gasteiger partial charge >= 0.3 is 13.1 Å².